The maximum absolute atomic E-state index is 14.6. The molecule has 0 aromatic carbocycles. The van der Waals surface area contributed by atoms with Gasteiger partial charge in [0.05, 0.1) is 0 Å². The van der Waals surface area contributed by atoms with E-state index in [0.717, 1.165) is 0 Å². The Balaban J connectivity index is 5.99. The van der Waals surface area contributed by atoms with Crippen molar-refractivity contribution in [2.45, 2.75) is 72.6 Å². The number of hydrogen-bond donors (Lipinski definition) is 0. The summed E-state index contributed by atoms with van der Waals surface area (Å²) in [6, 6.07) is 0. The van der Waals surface area contributed by atoms with Crippen LogP contribution in [0.2, 0.25) is 0 Å². The van der Waals surface area contributed by atoms with Crippen LogP contribution in [0.4, 0.5) is 43.9 Å². The summed E-state index contributed by atoms with van der Waals surface area (Å²) >= 11 is -6.58. The van der Waals surface area contributed by atoms with E-state index in [0.29, 0.717) is 0 Å². The number of hydrogen-bond acceptors (Lipinski definition) is 2. The Morgan fingerprint density at radius 2 is 0.852 bits per heavy atom. The quantitative estimate of drug-likeness (QED) is 0.234. The van der Waals surface area contributed by atoms with E-state index in [9.17, 15) is 43.9 Å². The van der Waals surface area contributed by atoms with Crippen LogP contribution in [0.15, 0.2) is 0 Å². The molecule has 6 unspecified atom stereocenters. The zero-order valence-electron chi connectivity index (χ0n) is 14.5. The number of halogens is 10. The van der Waals surface area contributed by atoms with Gasteiger partial charge < -0.3 is 0 Å². The molecule has 0 aliphatic heterocycles. The third kappa shape index (κ3) is 7.09. The normalized spacial score (nSPS) is 19.8. The van der Waals surface area contributed by atoms with E-state index in [-0.39, 0.29) is 12.8 Å². The fourth-order valence-electron chi connectivity index (χ4n) is 2.08. The molecule has 0 radical (unpaired) electrons. The minimum atomic E-state index is -6.58. The monoisotopic (exact) mass is 532 g/mol. The van der Waals surface area contributed by atoms with Gasteiger partial charge in [-0.15, -0.1) is 0 Å². The molecule has 164 valence electrons. The molecule has 0 saturated carbocycles. The standard InChI is InChI=1S/2C4H4F5.2C3H7O.Sn/c2*5-1-2(6)3(7)4(8)9;2*1-2-3-4;/h2*1-4H;2*2-3H2,1H3;/q;;2*-1;+2. The Bertz CT molecular complexity index is 370. The molecule has 0 amide bonds. The van der Waals surface area contributed by atoms with Crippen molar-refractivity contribution in [3.63, 3.8) is 0 Å². The fraction of sp³-hybridized carbons (Fsp3) is 1.00. The summed E-state index contributed by atoms with van der Waals surface area (Å²) in [5, 5.41) is 0. The van der Waals surface area contributed by atoms with Crippen LogP contribution < -0.4 is 0 Å². The first-order chi connectivity index (χ1) is 12.5. The first kappa shape index (κ1) is 27.0. The van der Waals surface area contributed by atoms with Gasteiger partial charge in [0.25, 0.3) is 0 Å². The molecule has 0 aliphatic carbocycles. The summed E-state index contributed by atoms with van der Waals surface area (Å²) in [6.07, 6.45) is -22.7. The number of alkyl halides is 10. The van der Waals surface area contributed by atoms with Gasteiger partial charge in [0, 0.05) is 0 Å². The van der Waals surface area contributed by atoms with Crippen molar-refractivity contribution in [1.29, 1.82) is 0 Å². The summed E-state index contributed by atoms with van der Waals surface area (Å²) in [5.74, 6) is 0. The summed E-state index contributed by atoms with van der Waals surface area (Å²) in [5.41, 5.74) is 0. The molecule has 0 N–H and O–H groups in total. The van der Waals surface area contributed by atoms with Gasteiger partial charge in [0.1, 0.15) is 0 Å². The van der Waals surface area contributed by atoms with Crippen LogP contribution in [0.25, 0.3) is 0 Å². The topological polar surface area (TPSA) is 18.5 Å². The molecule has 27 heavy (non-hydrogen) atoms. The van der Waals surface area contributed by atoms with E-state index in [4.69, 9.17) is 6.15 Å². The first-order valence-corrected chi connectivity index (χ1v) is 13.8. The molecule has 13 heteroatoms. The summed E-state index contributed by atoms with van der Waals surface area (Å²) in [7, 11) is 0. The van der Waals surface area contributed by atoms with Gasteiger partial charge in [0.2, 0.25) is 0 Å². The van der Waals surface area contributed by atoms with Crippen molar-refractivity contribution in [3.05, 3.63) is 0 Å². The molecule has 2 nitrogen and oxygen atoms in total. The predicted molar refractivity (Wildman–Crippen MR) is 79.6 cm³/mol. The Labute approximate surface area is 155 Å². The van der Waals surface area contributed by atoms with Crippen LogP contribution in [-0.2, 0) is 6.15 Å². The molecule has 0 heterocycles. The van der Waals surface area contributed by atoms with Crippen molar-refractivity contribution in [1.82, 2.24) is 0 Å². The Kier molecular flexibility index (Phi) is 12.6. The average Bonchev–Trinajstić information content (AvgIpc) is 2.64. The second-order valence-corrected chi connectivity index (χ2v) is 14.6. The molecule has 0 aromatic rings. The molecular weight excluding hydrogens is 509 g/mol. The SMILES string of the molecule is CCC[O][Sn]([O]CCC)([CH](F)C(F)C(F)C(F)F)[CH](F)C(F)C(F)C(F)F. The Morgan fingerprint density at radius 1 is 0.556 bits per heavy atom. The Hall–Kier alpha value is 0.0187. The molecule has 0 aliphatic rings. The zero-order chi connectivity index (χ0) is 21.4. The molecular formula is C14H22F10O2Sn. The second-order valence-electron chi connectivity index (χ2n) is 5.67. The van der Waals surface area contributed by atoms with E-state index < -0.39 is 78.3 Å². The minimum absolute atomic E-state index is 0.0172. The number of rotatable bonds is 14. The van der Waals surface area contributed by atoms with Crippen molar-refractivity contribution >= 4 is 19.2 Å². The van der Waals surface area contributed by atoms with Gasteiger partial charge >= 0.3 is 155 Å². The molecule has 0 bridgehead atoms. The van der Waals surface area contributed by atoms with E-state index in [1.54, 1.807) is 0 Å². The summed E-state index contributed by atoms with van der Waals surface area (Å²) < 4.78 is 136. The molecule has 0 saturated heterocycles. The van der Waals surface area contributed by atoms with Crippen molar-refractivity contribution in [2.24, 2.45) is 0 Å². The maximum atomic E-state index is 14.6. The van der Waals surface area contributed by atoms with Crippen LogP contribution in [0.3, 0.4) is 0 Å². The third-order valence-electron chi connectivity index (χ3n) is 3.48. The van der Waals surface area contributed by atoms with Crippen LogP contribution in [0, 0.1) is 0 Å². The van der Waals surface area contributed by atoms with Gasteiger partial charge in [-0.05, 0) is 0 Å². The molecule has 0 spiro atoms. The van der Waals surface area contributed by atoms with Crippen LogP contribution in [-0.4, -0.2) is 78.3 Å². The van der Waals surface area contributed by atoms with Crippen molar-refractivity contribution in [2.75, 3.05) is 13.2 Å². The van der Waals surface area contributed by atoms with Crippen LogP contribution in [0.5, 0.6) is 0 Å². The van der Waals surface area contributed by atoms with Gasteiger partial charge in [-0.3, -0.25) is 0 Å². The van der Waals surface area contributed by atoms with Gasteiger partial charge in [-0.2, -0.15) is 0 Å². The summed E-state index contributed by atoms with van der Waals surface area (Å²) in [4.78, 5) is 0. The van der Waals surface area contributed by atoms with E-state index in [1.807, 2.05) is 0 Å². The van der Waals surface area contributed by atoms with Crippen molar-refractivity contribution < 1.29 is 50.1 Å². The fourth-order valence-corrected chi connectivity index (χ4v) is 11.6. The summed E-state index contributed by atoms with van der Waals surface area (Å²) in [6.45, 7) is 1.67. The third-order valence-corrected chi connectivity index (χ3v) is 13.4. The zero-order valence-corrected chi connectivity index (χ0v) is 17.4. The van der Waals surface area contributed by atoms with Gasteiger partial charge in [-0.1, -0.05) is 0 Å². The molecule has 0 rings (SSSR count). The molecule has 0 fully saturated rings. The van der Waals surface area contributed by atoms with E-state index in [1.165, 1.54) is 13.8 Å². The molecule has 0 aromatic heterocycles. The van der Waals surface area contributed by atoms with Crippen molar-refractivity contribution in [3.8, 4) is 0 Å². The van der Waals surface area contributed by atoms with E-state index >= 15 is 0 Å². The van der Waals surface area contributed by atoms with Gasteiger partial charge in [-0.25, -0.2) is 0 Å². The predicted octanol–water partition coefficient (Wildman–Crippen LogP) is 4.92. The van der Waals surface area contributed by atoms with Crippen LogP contribution in [0.1, 0.15) is 26.7 Å². The average molecular weight is 531 g/mol. The Morgan fingerprint density at radius 3 is 1.07 bits per heavy atom. The second kappa shape index (κ2) is 12.6. The molecule has 6 atom stereocenters. The first-order valence-electron chi connectivity index (χ1n) is 8.16. The van der Waals surface area contributed by atoms with Gasteiger partial charge in [0.15, 0.2) is 0 Å². The van der Waals surface area contributed by atoms with Crippen LogP contribution >= 0.6 is 0 Å². The van der Waals surface area contributed by atoms with E-state index in [2.05, 4.69) is 0 Å².